The Balaban J connectivity index is 0.00000267. The first kappa shape index (κ1) is 25.5. The molecule has 1 aromatic heterocycles. The maximum absolute atomic E-state index is 4.97. The molecule has 0 N–H and O–H groups in total. The second-order valence-corrected chi connectivity index (χ2v) is 11.5. The Bertz CT molecular complexity index is 2020. The zero-order valence-electron chi connectivity index (χ0n) is 22.4. The molecule has 6 aromatic rings. The molecule has 0 aliphatic carbocycles. The van der Waals surface area contributed by atoms with Gasteiger partial charge in [0.05, 0.1) is 11.9 Å². The first-order valence-corrected chi connectivity index (χ1v) is 14.4. The van der Waals surface area contributed by atoms with E-state index in [-0.39, 0.29) is 27.3 Å². The van der Waals surface area contributed by atoms with Crippen molar-refractivity contribution >= 4 is 62.7 Å². The number of hydrogen-bond donors (Lipinski definition) is 0. The summed E-state index contributed by atoms with van der Waals surface area (Å²) < 4.78 is 1.18. The van der Waals surface area contributed by atoms with E-state index in [2.05, 4.69) is 113 Å². The van der Waals surface area contributed by atoms with E-state index in [1.54, 1.807) is 16.3 Å². The molecule has 3 aliphatic rings. The molecule has 0 saturated carbocycles. The number of hydrazone groups is 1. The summed E-state index contributed by atoms with van der Waals surface area (Å²) in [4.78, 5) is 9.46. The fraction of sp³-hybridized carbons (Fsp3) is 0.0294. The molecule has 9 rings (SSSR count). The van der Waals surface area contributed by atoms with Crippen molar-refractivity contribution in [1.29, 1.82) is 0 Å². The Labute approximate surface area is 262 Å². The summed E-state index contributed by atoms with van der Waals surface area (Å²) in [5, 5.41) is 7.18. The van der Waals surface area contributed by atoms with Gasteiger partial charge in [-0.3, -0.25) is 4.98 Å². The molecule has 0 radical (unpaired) electrons. The van der Waals surface area contributed by atoms with E-state index in [0.717, 1.165) is 32.7 Å². The molecule has 0 atom stereocenters. The molecular formula is C34H21BN5PdS-3. The molecule has 3 aliphatic heterocycles. The molecule has 5 nitrogen and oxygen atoms in total. The van der Waals surface area contributed by atoms with Gasteiger partial charge >= 0.3 is 0 Å². The molecule has 0 amide bonds. The molecule has 0 saturated heterocycles. The van der Waals surface area contributed by atoms with Crippen LogP contribution in [-0.4, -0.2) is 30.2 Å². The minimum atomic E-state index is -0.101. The number of para-hydroxylation sites is 3. The Morgan fingerprint density at radius 1 is 0.738 bits per heavy atom. The van der Waals surface area contributed by atoms with Crippen LogP contribution in [0.4, 0.5) is 17.1 Å². The third kappa shape index (κ3) is 3.73. The number of benzene rings is 5. The van der Waals surface area contributed by atoms with Crippen LogP contribution in [0.1, 0.15) is 0 Å². The first-order chi connectivity index (χ1) is 20.2. The largest absolute Gasteiger partial charge is 0.483 e. The minimum Gasteiger partial charge on any atom is -0.483 e. The van der Waals surface area contributed by atoms with Crippen LogP contribution in [0.15, 0.2) is 102 Å². The van der Waals surface area contributed by atoms with Crippen molar-refractivity contribution in [3.8, 4) is 32.8 Å². The number of thiazole rings is 1. The molecule has 8 heteroatoms. The van der Waals surface area contributed by atoms with Crippen LogP contribution >= 0.6 is 11.3 Å². The molecule has 0 fully saturated rings. The van der Waals surface area contributed by atoms with E-state index in [9.17, 15) is 0 Å². The molecule has 0 bridgehead atoms. The fourth-order valence-electron chi connectivity index (χ4n) is 6.31. The van der Waals surface area contributed by atoms with Crippen molar-refractivity contribution in [2.75, 3.05) is 16.8 Å². The van der Waals surface area contributed by atoms with Gasteiger partial charge in [0, 0.05) is 41.5 Å². The number of anilines is 3. The van der Waals surface area contributed by atoms with Crippen molar-refractivity contribution in [2.24, 2.45) is 5.10 Å². The minimum absolute atomic E-state index is 0. The van der Waals surface area contributed by atoms with E-state index in [1.807, 2.05) is 31.0 Å². The molecule has 0 unspecified atom stereocenters. The number of hydrogen-bond acceptors (Lipinski definition) is 6. The van der Waals surface area contributed by atoms with Gasteiger partial charge in [0.1, 0.15) is 0 Å². The molecule has 4 heterocycles. The average molecular weight is 649 g/mol. The Morgan fingerprint density at radius 2 is 1.40 bits per heavy atom. The summed E-state index contributed by atoms with van der Waals surface area (Å²) in [5.74, 6) is 0. The molecule has 0 spiro atoms. The van der Waals surface area contributed by atoms with Crippen LogP contribution in [-0.2, 0) is 20.4 Å². The predicted octanol–water partition coefficient (Wildman–Crippen LogP) is 6.28. The quantitative estimate of drug-likeness (QED) is 0.164. The monoisotopic (exact) mass is 648 g/mol. The van der Waals surface area contributed by atoms with Crippen molar-refractivity contribution in [1.82, 2.24) is 9.99 Å². The zero-order chi connectivity index (χ0) is 27.1. The van der Waals surface area contributed by atoms with E-state index in [0.29, 0.717) is 0 Å². The standard InChI is InChI=1S/C34H21BN5S.Pd/c1-38-21-39(20-36-38)23-15-17-25-27-9-3-6-12-32(27)40-31-11-5-2-8-26(31)24-16-14-22(18-28(24)35(40)29(25)19-23)34-37-30-10-4-7-13-33(30)41-34;/h2-17,20-21H,1H3;/q-3;. The van der Waals surface area contributed by atoms with E-state index in [4.69, 9.17) is 4.98 Å². The van der Waals surface area contributed by atoms with Crippen LogP contribution < -0.4 is 20.6 Å². The number of nitrogens with zero attached hydrogens (tertiary/aromatic N) is 5. The molecule has 5 aromatic carbocycles. The van der Waals surface area contributed by atoms with E-state index in [1.165, 1.54) is 38.3 Å². The maximum Gasteiger partial charge on any atom is 0.285 e. The molecular weight excluding hydrogens is 628 g/mol. The topological polar surface area (TPSA) is 35.0 Å². The van der Waals surface area contributed by atoms with Crippen molar-refractivity contribution in [3.05, 3.63) is 116 Å². The van der Waals surface area contributed by atoms with Gasteiger partial charge in [0.2, 0.25) is 0 Å². The van der Waals surface area contributed by atoms with Gasteiger partial charge in [-0.1, -0.05) is 54.1 Å². The van der Waals surface area contributed by atoms with Crippen molar-refractivity contribution in [3.63, 3.8) is 0 Å². The summed E-state index contributed by atoms with van der Waals surface area (Å²) in [6.07, 6.45) is 1.83. The summed E-state index contributed by atoms with van der Waals surface area (Å²) in [5.41, 5.74) is 12.5. The third-order valence-electron chi connectivity index (χ3n) is 8.10. The zero-order valence-corrected chi connectivity index (χ0v) is 24.8. The first-order valence-electron chi connectivity index (χ1n) is 13.6. The van der Waals surface area contributed by atoms with Crippen molar-refractivity contribution < 1.29 is 20.4 Å². The molecule has 204 valence electrons. The van der Waals surface area contributed by atoms with E-state index >= 15 is 0 Å². The SMILES string of the molecule is CN1[CH-]N(c2[c-]c3c(cc2)-c2ccccc2N2B3c3[c-]c(-c4nc5ccccc5s4)ccc3-c3ccccc32)C=N1.[Pd]. The van der Waals surface area contributed by atoms with Gasteiger partial charge < -0.3 is 14.7 Å². The summed E-state index contributed by atoms with van der Waals surface area (Å²) in [6, 6.07) is 42.2. The predicted molar refractivity (Wildman–Crippen MR) is 170 cm³/mol. The van der Waals surface area contributed by atoms with Gasteiger partial charge in [0.25, 0.3) is 6.85 Å². The van der Waals surface area contributed by atoms with E-state index < -0.39 is 0 Å². The third-order valence-corrected chi connectivity index (χ3v) is 9.17. The van der Waals surface area contributed by atoms with Gasteiger partial charge in [-0.2, -0.15) is 28.9 Å². The second kappa shape index (κ2) is 9.67. The van der Waals surface area contributed by atoms with Gasteiger partial charge in [-0.05, 0) is 36.9 Å². The summed E-state index contributed by atoms with van der Waals surface area (Å²) in [6.45, 7) is 1.87. The molecule has 42 heavy (non-hydrogen) atoms. The van der Waals surface area contributed by atoms with Gasteiger partial charge in [-0.15, -0.1) is 58.8 Å². The van der Waals surface area contributed by atoms with Gasteiger partial charge in [0.15, 0.2) is 0 Å². The van der Waals surface area contributed by atoms with Crippen molar-refractivity contribution in [2.45, 2.75) is 0 Å². The van der Waals surface area contributed by atoms with Crippen LogP contribution in [0.5, 0.6) is 0 Å². The van der Waals surface area contributed by atoms with Gasteiger partial charge in [-0.25, -0.2) is 5.10 Å². The maximum atomic E-state index is 4.97. The average Bonchev–Trinajstić information content (AvgIpc) is 3.67. The Kier molecular flexibility index (Phi) is 5.87. The van der Waals surface area contributed by atoms with Crippen LogP contribution in [0.3, 0.4) is 0 Å². The normalized spacial score (nSPS) is 14.2. The van der Waals surface area contributed by atoms with Crippen LogP contribution in [0, 0.1) is 18.8 Å². The smallest absolute Gasteiger partial charge is 0.285 e. The van der Waals surface area contributed by atoms with Crippen LogP contribution in [0.2, 0.25) is 0 Å². The van der Waals surface area contributed by atoms with Crippen LogP contribution in [0.25, 0.3) is 43.0 Å². The number of aromatic nitrogens is 1. The number of rotatable bonds is 2. The number of fused-ring (bicyclic) bond motifs is 12. The summed E-state index contributed by atoms with van der Waals surface area (Å²) in [7, 11) is 1.93. The second-order valence-electron chi connectivity index (χ2n) is 10.5. The Hall–Kier alpha value is -4.21. The fourth-order valence-corrected chi connectivity index (χ4v) is 7.25. The Morgan fingerprint density at radius 3 is 2.12 bits per heavy atom. The summed E-state index contributed by atoms with van der Waals surface area (Å²) >= 11 is 1.72.